The molecule has 116 valence electrons. The minimum atomic E-state index is -0.348. The number of fused-ring (bicyclic) bond motifs is 1. The van der Waals surface area contributed by atoms with Crippen LogP contribution in [0.25, 0.3) is 10.9 Å². The van der Waals surface area contributed by atoms with Crippen LogP contribution in [0, 0.1) is 0 Å². The van der Waals surface area contributed by atoms with Crippen LogP contribution in [-0.2, 0) is 11.3 Å². The van der Waals surface area contributed by atoms with E-state index in [-0.39, 0.29) is 36.0 Å². The zero-order chi connectivity index (χ0) is 16.2. The van der Waals surface area contributed by atoms with Crippen molar-refractivity contribution in [3.05, 3.63) is 59.3 Å². The van der Waals surface area contributed by atoms with Gasteiger partial charge in [0.15, 0.2) is 11.6 Å². The van der Waals surface area contributed by atoms with E-state index in [1.54, 1.807) is 24.3 Å². The molecular weight excluding hydrogens is 296 g/mol. The Hall–Kier alpha value is -3.22. The fraction of sp³-hybridized carbons (Fsp3) is 0.125. The van der Waals surface area contributed by atoms with E-state index in [9.17, 15) is 14.7 Å². The van der Waals surface area contributed by atoms with E-state index >= 15 is 0 Å². The van der Waals surface area contributed by atoms with E-state index in [4.69, 9.17) is 0 Å². The first-order valence-electron chi connectivity index (χ1n) is 7.03. The zero-order valence-corrected chi connectivity index (χ0v) is 12.1. The van der Waals surface area contributed by atoms with Gasteiger partial charge in [0.2, 0.25) is 5.91 Å². The van der Waals surface area contributed by atoms with Gasteiger partial charge in [0, 0.05) is 19.2 Å². The van der Waals surface area contributed by atoms with Crippen LogP contribution in [0.4, 0.5) is 5.82 Å². The summed E-state index contributed by atoms with van der Waals surface area (Å²) >= 11 is 0. The van der Waals surface area contributed by atoms with Gasteiger partial charge in [0.05, 0.1) is 17.2 Å². The molecule has 0 aliphatic rings. The highest BCUT2D eigenvalue weighted by Crippen LogP contribution is 2.18. The lowest BCUT2D eigenvalue weighted by molar-refractivity contribution is -0.116. The first-order chi connectivity index (χ1) is 11.1. The lowest BCUT2D eigenvalue weighted by atomic mass is 10.2. The number of rotatable bonds is 4. The number of anilines is 1. The number of benzene rings is 1. The fourth-order valence-electron chi connectivity index (χ4n) is 2.18. The van der Waals surface area contributed by atoms with Crippen molar-refractivity contribution in [2.75, 3.05) is 5.32 Å². The van der Waals surface area contributed by atoms with E-state index in [1.165, 1.54) is 23.2 Å². The third kappa shape index (κ3) is 3.18. The van der Waals surface area contributed by atoms with Gasteiger partial charge >= 0.3 is 0 Å². The maximum atomic E-state index is 12.3. The highest BCUT2D eigenvalue weighted by atomic mass is 16.3. The predicted molar refractivity (Wildman–Crippen MR) is 85.2 cm³/mol. The summed E-state index contributed by atoms with van der Waals surface area (Å²) in [5, 5.41) is 12.6. The summed E-state index contributed by atoms with van der Waals surface area (Å²) in [6, 6.07) is 10.0. The molecule has 0 fully saturated rings. The number of para-hydroxylation sites is 1. The molecule has 0 atom stereocenters. The Balaban J connectivity index is 1.71. The minimum Gasteiger partial charge on any atom is -0.504 e. The molecule has 0 saturated carbocycles. The molecule has 1 aromatic carbocycles. The Morgan fingerprint density at radius 1 is 1.17 bits per heavy atom. The number of amides is 1. The average molecular weight is 310 g/mol. The molecule has 0 radical (unpaired) electrons. The number of hydrogen-bond donors (Lipinski definition) is 2. The molecule has 23 heavy (non-hydrogen) atoms. The number of nitrogens with one attached hydrogen (secondary N) is 1. The number of aromatic hydroxyl groups is 1. The van der Waals surface area contributed by atoms with Crippen molar-refractivity contribution >= 4 is 22.6 Å². The second-order valence-corrected chi connectivity index (χ2v) is 4.93. The van der Waals surface area contributed by atoms with Crippen LogP contribution in [0.3, 0.4) is 0 Å². The van der Waals surface area contributed by atoms with Crippen molar-refractivity contribution in [3.63, 3.8) is 0 Å². The molecule has 7 heteroatoms. The van der Waals surface area contributed by atoms with E-state index in [0.717, 1.165) is 0 Å². The van der Waals surface area contributed by atoms with Gasteiger partial charge in [-0.1, -0.05) is 12.1 Å². The lowest BCUT2D eigenvalue weighted by Gasteiger charge is -2.08. The van der Waals surface area contributed by atoms with Crippen molar-refractivity contribution in [1.82, 2.24) is 14.5 Å². The highest BCUT2D eigenvalue weighted by Gasteiger charge is 2.09. The molecule has 2 heterocycles. The number of carbonyl (C=O) groups excluding carboxylic acids is 1. The van der Waals surface area contributed by atoms with E-state index in [0.29, 0.717) is 10.9 Å². The summed E-state index contributed by atoms with van der Waals surface area (Å²) < 4.78 is 1.39. The Morgan fingerprint density at radius 3 is 2.83 bits per heavy atom. The molecule has 1 amide bonds. The number of nitrogens with zero attached hydrogens (tertiary/aromatic N) is 3. The van der Waals surface area contributed by atoms with Gasteiger partial charge in [-0.05, 0) is 24.3 Å². The van der Waals surface area contributed by atoms with Crippen LogP contribution < -0.4 is 10.9 Å². The van der Waals surface area contributed by atoms with Crippen molar-refractivity contribution in [3.8, 4) is 5.75 Å². The van der Waals surface area contributed by atoms with Crippen LogP contribution in [0.15, 0.2) is 53.7 Å². The zero-order valence-electron chi connectivity index (χ0n) is 12.1. The Kier molecular flexibility index (Phi) is 4.01. The maximum Gasteiger partial charge on any atom is 0.261 e. The normalized spacial score (nSPS) is 10.6. The van der Waals surface area contributed by atoms with Gasteiger partial charge in [-0.15, -0.1) is 0 Å². The molecule has 0 aliphatic heterocycles. The quantitative estimate of drug-likeness (QED) is 0.761. The first kappa shape index (κ1) is 14.7. The summed E-state index contributed by atoms with van der Waals surface area (Å²) in [6.45, 7) is 0.191. The molecule has 0 spiro atoms. The van der Waals surface area contributed by atoms with Crippen molar-refractivity contribution < 1.29 is 9.90 Å². The topological polar surface area (TPSA) is 97.1 Å². The third-order valence-electron chi connectivity index (χ3n) is 3.36. The first-order valence-corrected chi connectivity index (χ1v) is 7.03. The average Bonchev–Trinajstić information content (AvgIpc) is 2.57. The van der Waals surface area contributed by atoms with E-state index in [2.05, 4.69) is 15.3 Å². The maximum absolute atomic E-state index is 12.3. The molecule has 2 aromatic heterocycles. The molecule has 3 aromatic rings. The SMILES string of the molecule is O=C(CCn1cnc2ccccc2c1=O)Nc1ncccc1O. The van der Waals surface area contributed by atoms with Gasteiger partial charge in [-0.3, -0.25) is 14.2 Å². The predicted octanol–water partition coefficient (Wildman–Crippen LogP) is 1.53. The van der Waals surface area contributed by atoms with E-state index in [1.807, 2.05) is 6.07 Å². The number of pyridine rings is 1. The molecule has 0 saturated heterocycles. The van der Waals surface area contributed by atoms with Gasteiger partial charge in [0.25, 0.3) is 5.56 Å². The minimum absolute atomic E-state index is 0.0654. The Morgan fingerprint density at radius 2 is 2.00 bits per heavy atom. The largest absolute Gasteiger partial charge is 0.504 e. The number of aryl methyl sites for hydroxylation is 1. The summed E-state index contributed by atoms with van der Waals surface area (Å²) in [7, 11) is 0. The van der Waals surface area contributed by atoms with Gasteiger partial charge < -0.3 is 10.4 Å². The van der Waals surface area contributed by atoms with Crippen LogP contribution >= 0.6 is 0 Å². The number of hydrogen-bond acceptors (Lipinski definition) is 5. The Labute approximate surface area is 131 Å². The monoisotopic (exact) mass is 310 g/mol. The molecule has 2 N–H and O–H groups in total. The molecular formula is C16H14N4O3. The fourth-order valence-corrected chi connectivity index (χ4v) is 2.18. The third-order valence-corrected chi connectivity index (χ3v) is 3.36. The molecule has 7 nitrogen and oxygen atoms in total. The van der Waals surface area contributed by atoms with Gasteiger partial charge in [-0.25, -0.2) is 9.97 Å². The van der Waals surface area contributed by atoms with Gasteiger partial charge in [-0.2, -0.15) is 0 Å². The second kappa shape index (κ2) is 6.27. The summed E-state index contributed by atoms with van der Waals surface area (Å²) in [5.41, 5.74) is 0.431. The molecule has 3 rings (SSSR count). The summed E-state index contributed by atoms with van der Waals surface area (Å²) in [5.74, 6) is -0.356. The van der Waals surface area contributed by atoms with Crippen molar-refractivity contribution in [2.24, 2.45) is 0 Å². The second-order valence-electron chi connectivity index (χ2n) is 4.93. The highest BCUT2D eigenvalue weighted by molar-refractivity contribution is 5.90. The summed E-state index contributed by atoms with van der Waals surface area (Å²) in [4.78, 5) is 32.3. The number of aromatic nitrogens is 3. The standard InChI is InChI=1S/C16H14N4O3/c21-13-6-3-8-17-15(13)19-14(22)7-9-20-10-18-12-5-2-1-4-11(12)16(20)23/h1-6,8,10,21H,7,9H2,(H,17,19,22). The van der Waals surface area contributed by atoms with Crippen molar-refractivity contribution in [2.45, 2.75) is 13.0 Å². The molecule has 0 aliphatic carbocycles. The molecule has 0 bridgehead atoms. The van der Waals surface area contributed by atoms with Crippen LogP contribution in [-0.4, -0.2) is 25.5 Å². The smallest absolute Gasteiger partial charge is 0.261 e. The number of carbonyl (C=O) groups is 1. The molecule has 0 unspecified atom stereocenters. The lowest BCUT2D eigenvalue weighted by Crippen LogP contribution is -2.23. The van der Waals surface area contributed by atoms with Crippen LogP contribution in [0.5, 0.6) is 5.75 Å². The summed E-state index contributed by atoms with van der Waals surface area (Å²) in [6.07, 6.45) is 2.96. The van der Waals surface area contributed by atoms with Crippen molar-refractivity contribution in [1.29, 1.82) is 0 Å². The Bertz CT molecular complexity index is 920. The van der Waals surface area contributed by atoms with Crippen LogP contribution in [0.1, 0.15) is 6.42 Å². The van der Waals surface area contributed by atoms with Crippen LogP contribution in [0.2, 0.25) is 0 Å². The van der Waals surface area contributed by atoms with E-state index < -0.39 is 0 Å². The van der Waals surface area contributed by atoms with Gasteiger partial charge in [0.1, 0.15) is 0 Å².